The van der Waals surface area contributed by atoms with E-state index in [1.54, 1.807) is 10.9 Å². The third-order valence-electron chi connectivity index (χ3n) is 4.06. The monoisotopic (exact) mass is 370 g/mol. The van der Waals surface area contributed by atoms with Gasteiger partial charge in [0, 0.05) is 37.0 Å². The van der Waals surface area contributed by atoms with E-state index in [9.17, 15) is 4.79 Å². The Labute approximate surface area is 157 Å². The number of hydrogen-bond donors (Lipinski definition) is 2. The molecule has 2 aromatic heterocycles. The van der Waals surface area contributed by atoms with Crippen molar-refractivity contribution in [1.29, 1.82) is 0 Å². The Bertz CT molecular complexity index is 910. The lowest BCUT2D eigenvalue weighted by atomic mass is 10.1. The minimum absolute atomic E-state index is 0.00343. The van der Waals surface area contributed by atoms with Crippen molar-refractivity contribution in [2.45, 2.75) is 39.4 Å². The van der Waals surface area contributed by atoms with Crippen molar-refractivity contribution >= 4 is 18.1 Å². The van der Waals surface area contributed by atoms with Crippen LogP contribution >= 0.6 is 12.2 Å². The molecule has 26 heavy (non-hydrogen) atoms. The highest BCUT2D eigenvalue weighted by atomic mass is 32.1. The summed E-state index contributed by atoms with van der Waals surface area (Å²) in [5, 5.41) is 14.3. The van der Waals surface area contributed by atoms with Gasteiger partial charge in [0.05, 0.1) is 6.54 Å². The molecule has 7 nitrogen and oxygen atoms in total. The quantitative estimate of drug-likeness (QED) is 0.627. The lowest BCUT2D eigenvalue weighted by molar-refractivity contribution is -0.122. The fraction of sp³-hybridized carbons (Fsp3) is 0.333. The first-order valence-corrected chi connectivity index (χ1v) is 8.93. The zero-order valence-corrected chi connectivity index (χ0v) is 15.7. The molecule has 0 aliphatic carbocycles. The average Bonchev–Trinajstić information content (AvgIpc) is 3.23. The highest BCUT2D eigenvalue weighted by Gasteiger charge is 2.12. The molecule has 0 bridgehead atoms. The number of amides is 1. The van der Waals surface area contributed by atoms with E-state index in [1.807, 2.05) is 54.9 Å². The zero-order valence-electron chi connectivity index (χ0n) is 14.8. The van der Waals surface area contributed by atoms with E-state index in [-0.39, 0.29) is 11.9 Å². The van der Waals surface area contributed by atoms with Crippen LogP contribution in [0, 0.1) is 11.7 Å². The number of benzene rings is 1. The number of carbonyl (C=O) groups is 1. The first-order chi connectivity index (χ1) is 12.5. The summed E-state index contributed by atoms with van der Waals surface area (Å²) in [6.45, 7) is 5.10. The number of aromatic amines is 1. The van der Waals surface area contributed by atoms with Gasteiger partial charge in [-0.1, -0.05) is 29.8 Å². The molecule has 136 valence electrons. The van der Waals surface area contributed by atoms with E-state index >= 15 is 0 Å². The van der Waals surface area contributed by atoms with E-state index in [0.717, 1.165) is 11.4 Å². The van der Waals surface area contributed by atoms with E-state index in [0.29, 0.717) is 24.3 Å². The van der Waals surface area contributed by atoms with Crippen LogP contribution < -0.4 is 5.32 Å². The normalized spacial score (nSPS) is 12.1. The van der Waals surface area contributed by atoms with Crippen LogP contribution in [0.1, 0.15) is 18.9 Å². The van der Waals surface area contributed by atoms with Crippen LogP contribution in [0.25, 0.3) is 11.4 Å². The minimum Gasteiger partial charge on any atom is -0.352 e. The number of hydrogen-bond acceptors (Lipinski definition) is 4. The highest BCUT2D eigenvalue weighted by molar-refractivity contribution is 7.71. The van der Waals surface area contributed by atoms with Crippen molar-refractivity contribution in [2.75, 3.05) is 0 Å². The van der Waals surface area contributed by atoms with Gasteiger partial charge in [-0.2, -0.15) is 10.2 Å². The maximum Gasteiger partial charge on any atom is 0.222 e. The Morgan fingerprint density at radius 3 is 2.81 bits per heavy atom. The molecule has 0 unspecified atom stereocenters. The summed E-state index contributed by atoms with van der Waals surface area (Å²) >= 11 is 5.32. The van der Waals surface area contributed by atoms with Crippen LogP contribution in [0.2, 0.25) is 0 Å². The number of nitrogens with one attached hydrogen (secondary N) is 2. The maximum absolute atomic E-state index is 12.3. The average molecular weight is 370 g/mol. The van der Waals surface area contributed by atoms with Gasteiger partial charge < -0.3 is 5.32 Å². The summed E-state index contributed by atoms with van der Waals surface area (Å²) in [6, 6.07) is 9.92. The first kappa shape index (κ1) is 18.1. The third-order valence-corrected chi connectivity index (χ3v) is 4.37. The number of carbonyl (C=O) groups excluding carboxylic acids is 1. The van der Waals surface area contributed by atoms with Crippen molar-refractivity contribution in [3.63, 3.8) is 0 Å². The third kappa shape index (κ3) is 4.45. The van der Waals surface area contributed by atoms with Gasteiger partial charge in [0.1, 0.15) is 0 Å². The minimum atomic E-state index is -0.0254. The fourth-order valence-electron chi connectivity index (χ4n) is 2.74. The number of aromatic nitrogens is 5. The summed E-state index contributed by atoms with van der Waals surface area (Å²) in [7, 11) is 0. The number of nitrogens with zero attached hydrogens (tertiary/aromatic N) is 4. The molecule has 1 aromatic carbocycles. The van der Waals surface area contributed by atoms with Gasteiger partial charge in [0.2, 0.25) is 5.91 Å². The molecular weight excluding hydrogens is 348 g/mol. The van der Waals surface area contributed by atoms with Gasteiger partial charge in [-0.25, -0.2) is 0 Å². The second kappa shape index (κ2) is 8.09. The van der Waals surface area contributed by atoms with Crippen LogP contribution in [0.4, 0.5) is 0 Å². The summed E-state index contributed by atoms with van der Waals surface area (Å²) in [5.41, 5.74) is 2.15. The smallest absolute Gasteiger partial charge is 0.222 e. The van der Waals surface area contributed by atoms with Crippen LogP contribution in [-0.2, 0) is 17.9 Å². The Kier molecular flexibility index (Phi) is 5.62. The second-order valence-electron chi connectivity index (χ2n) is 6.32. The molecule has 0 saturated heterocycles. The molecule has 0 saturated carbocycles. The predicted molar refractivity (Wildman–Crippen MR) is 102 cm³/mol. The molecule has 0 fully saturated rings. The fourth-order valence-corrected chi connectivity index (χ4v) is 2.97. The van der Waals surface area contributed by atoms with E-state index in [1.165, 1.54) is 5.56 Å². The lowest BCUT2D eigenvalue weighted by Gasteiger charge is -2.14. The lowest BCUT2D eigenvalue weighted by Crippen LogP contribution is -2.36. The van der Waals surface area contributed by atoms with E-state index in [2.05, 4.69) is 20.6 Å². The maximum atomic E-state index is 12.3. The molecule has 0 aliphatic rings. The van der Waals surface area contributed by atoms with Gasteiger partial charge >= 0.3 is 0 Å². The molecular formula is C18H22N6OS. The first-order valence-electron chi connectivity index (χ1n) is 8.52. The van der Waals surface area contributed by atoms with Crippen LogP contribution in [0.5, 0.6) is 0 Å². The Balaban J connectivity index is 1.61. The molecule has 0 spiro atoms. The molecule has 0 aliphatic heterocycles. The Hall–Kier alpha value is -2.74. The molecule has 2 N–H and O–H groups in total. The van der Waals surface area contributed by atoms with Crippen molar-refractivity contribution in [3.05, 3.63) is 53.1 Å². The number of H-pyrrole nitrogens is 1. The van der Waals surface area contributed by atoms with Gasteiger partial charge in [0.15, 0.2) is 10.6 Å². The summed E-state index contributed by atoms with van der Waals surface area (Å²) in [5.74, 6) is 0.718. The van der Waals surface area contributed by atoms with E-state index < -0.39 is 0 Å². The van der Waals surface area contributed by atoms with Crippen molar-refractivity contribution in [3.8, 4) is 11.4 Å². The van der Waals surface area contributed by atoms with Crippen LogP contribution in [0.15, 0.2) is 42.7 Å². The van der Waals surface area contributed by atoms with Gasteiger partial charge in [-0.05, 0) is 32.1 Å². The Morgan fingerprint density at radius 2 is 2.12 bits per heavy atom. The predicted octanol–water partition coefficient (Wildman–Crippen LogP) is 2.71. The SMILES string of the molecule is Cc1ccc(-c2n[nH]c(=S)n2CCC(=O)N[C@@H](C)Cn2cccn2)cc1. The highest BCUT2D eigenvalue weighted by Crippen LogP contribution is 2.18. The van der Waals surface area contributed by atoms with Crippen molar-refractivity contribution in [1.82, 2.24) is 29.9 Å². The molecule has 8 heteroatoms. The standard InChI is InChI=1S/C18H22N6OS/c1-13-4-6-15(7-5-13)17-21-22-18(26)24(17)11-8-16(25)20-14(2)12-23-10-3-9-19-23/h3-7,9-10,14H,8,11-12H2,1-2H3,(H,20,25)(H,22,26)/t14-/m0/s1. The molecule has 0 radical (unpaired) electrons. The van der Waals surface area contributed by atoms with Crippen molar-refractivity contribution < 1.29 is 4.79 Å². The van der Waals surface area contributed by atoms with E-state index in [4.69, 9.17) is 12.2 Å². The van der Waals surface area contributed by atoms with Gasteiger partial charge in [-0.15, -0.1) is 0 Å². The molecule has 1 amide bonds. The molecule has 3 rings (SSSR count). The van der Waals surface area contributed by atoms with Crippen LogP contribution in [-0.4, -0.2) is 36.5 Å². The molecule has 3 aromatic rings. The number of rotatable bonds is 7. The summed E-state index contributed by atoms with van der Waals surface area (Å²) < 4.78 is 4.17. The molecule has 2 heterocycles. The van der Waals surface area contributed by atoms with Crippen molar-refractivity contribution in [2.24, 2.45) is 0 Å². The van der Waals surface area contributed by atoms with Crippen LogP contribution in [0.3, 0.4) is 0 Å². The van der Waals surface area contributed by atoms with Gasteiger partial charge in [-0.3, -0.25) is 19.1 Å². The zero-order chi connectivity index (χ0) is 18.5. The summed E-state index contributed by atoms with van der Waals surface area (Å²) in [6.07, 6.45) is 3.93. The topological polar surface area (TPSA) is 80.5 Å². The molecule has 1 atom stereocenters. The number of aryl methyl sites for hydroxylation is 1. The largest absolute Gasteiger partial charge is 0.352 e. The second-order valence-corrected chi connectivity index (χ2v) is 6.70. The van der Waals surface area contributed by atoms with Gasteiger partial charge in [0.25, 0.3) is 0 Å². The Morgan fingerprint density at radius 1 is 1.35 bits per heavy atom. The summed E-state index contributed by atoms with van der Waals surface area (Å²) in [4.78, 5) is 12.3.